The molecule has 0 heterocycles. The van der Waals surface area contributed by atoms with E-state index in [4.69, 9.17) is 4.74 Å². The minimum absolute atomic E-state index is 0.178. The van der Waals surface area contributed by atoms with Gasteiger partial charge in [-0.05, 0) is 43.9 Å². The molecule has 16 heavy (non-hydrogen) atoms. The van der Waals surface area contributed by atoms with E-state index in [1.54, 1.807) is 6.92 Å². The predicted octanol–water partition coefficient (Wildman–Crippen LogP) is 3.33. The Bertz CT molecular complexity index is 361. The number of hydrogen-bond donors (Lipinski definition) is 0. The van der Waals surface area contributed by atoms with Gasteiger partial charge in [0, 0.05) is 10.9 Å². The van der Waals surface area contributed by atoms with Crippen LogP contribution in [0.1, 0.15) is 24.5 Å². The van der Waals surface area contributed by atoms with Crippen molar-refractivity contribution >= 4 is 21.9 Å². The second-order valence-corrected chi connectivity index (χ2v) is 4.23. The van der Waals surface area contributed by atoms with E-state index in [-0.39, 0.29) is 5.97 Å². The molecule has 3 heteroatoms. The third kappa shape index (κ3) is 3.97. The number of ether oxygens (including phenoxy) is 1. The highest BCUT2D eigenvalue weighted by Crippen LogP contribution is 2.20. The van der Waals surface area contributed by atoms with Crippen LogP contribution in [0, 0.1) is 13.3 Å². The van der Waals surface area contributed by atoms with Crippen LogP contribution in [0.5, 0.6) is 0 Å². The zero-order valence-corrected chi connectivity index (χ0v) is 10.9. The standard InChI is InChI=1S/C13H15BrO2/c1-3-16-13(15)9-5-7-11-6-4-8-12(14)10(11)2/h4-6,8H,2-3,7,9H2,1H3. The summed E-state index contributed by atoms with van der Waals surface area (Å²) in [5.74, 6) is -0.178. The zero-order chi connectivity index (χ0) is 12.0. The summed E-state index contributed by atoms with van der Waals surface area (Å²) < 4.78 is 5.83. The molecule has 0 N–H and O–H groups in total. The molecule has 2 radical (unpaired) electrons. The lowest BCUT2D eigenvalue weighted by atomic mass is 10.0. The maximum absolute atomic E-state index is 11.1. The second kappa shape index (κ2) is 6.69. The van der Waals surface area contributed by atoms with Gasteiger partial charge in [0.25, 0.3) is 0 Å². The molecule has 0 fully saturated rings. The number of halogens is 1. The van der Waals surface area contributed by atoms with Crippen molar-refractivity contribution < 1.29 is 9.53 Å². The molecule has 0 aliphatic rings. The van der Waals surface area contributed by atoms with Crippen LogP contribution in [0.15, 0.2) is 22.7 Å². The topological polar surface area (TPSA) is 26.3 Å². The van der Waals surface area contributed by atoms with Gasteiger partial charge in [0.2, 0.25) is 0 Å². The van der Waals surface area contributed by atoms with Crippen LogP contribution >= 0.6 is 15.9 Å². The van der Waals surface area contributed by atoms with Gasteiger partial charge in [-0.25, -0.2) is 0 Å². The highest BCUT2D eigenvalue weighted by Gasteiger charge is 2.05. The van der Waals surface area contributed by atoms with Gasteiger partial charge >= 0.3 is 5.97 Å². The summed E-state index contributed by atoms with van der Waals surface area (Å²) in [6.07, 6.45) is 2.99. The second-order valence-electron chi connectivity index (χ2n) is 3.38. The van der Waals surface area contributed by atoms with Gasteiger partial charge in [0.05, 0.1) is 6.61 Å². The number of rotatable bonds is 5. The minimum atomic E-state index is -0.178. The Hall–Kier alpha value is -0.830. The van der Waals surface area contributed by atoms with Crippen LogP contribution in [0.3, 0.4) is 0 Å². The van der Waals surface area contributed by atoms with Gasteiger partial charge in [-0.2, -0.15) is 0 Å². The molecule has 0 amide bonds. The van der Waals surface area contributed by atoms with Gasteiger partial charge in [0.1, 0.15) is 0 Å². The molecular weight excluding hydrogens is 268 g/mol. The third-order valence-corrected chi connectivity index (χ3v) is 2.94. The number of benzene rings is 1. The number of carbonyl (C=O) groups excluding carboxylic acids is 1. The summed E-state index contributed by atoms with van der Waals surface area (Å²) in [5.41, 5.74) is 2.10. The zero-order valence-electron chi connectivity index (χ0n) is 9.33. The normalized spacial score (nSPS) is 10.2. The number of esters is 1. The van der Waals surface area contributed by atoms with Crippen LogP contribution in [-0.4, -0.2) is 12.6 Å². The van der Waals surface area contributed by atoms with Crippen molar-refractivity contribution in [2.75, 3.05) is 6.61 Å². The molecule has 0 aromatic heterocycles. The lowest BCUT2D eigenvalue weighted by molar-refractivity contribution is -0.142. The van der Waals surface area contributed by atoms with E-state index < -0.39 is 0 Å². The van der Waals surface area contributed by atoms with Crippen molar-refractivity contribution in [3.63, 3.8) is 0 Å². The molecule has 0 bridgehead atoms. The molecule has 1 aromatic carbocycles. The van der Waals surface area contributed by atoms with E-state index in [1.165, 1.54) is 0 Å². The van der Waals surface area contributed by atoms with E-state index in [0.717, 1.165) is 22.0 Å². The minimum Gasteiger partial charge on any atom is -0.466 e. The number of carbonyl (C=O) groups is 1. The molecule has 1 rings (SSSR count). The van der Waals surface area contributed by atoms with Crippen molar-refractivity contribution in [1.82, 2.24) is 0 Å². The first kappa shape index (κ1) is 13.2. The Morgan fingerprint density at radius 1 is 1.56 bits per heavy atom. The Kier molecular flexibility index (Phi) is 5.53. The molecule has 1 aromatic rings. The summed E-state index contributed by atoms with van der Waals surface area (Å²) in [6.45, 7) is 6.21. The van der Waals surface area contributed by atoms with E-state index in [1.807, 2.05) is 24.6 Å². The van der Waals surface area contributed by atoms with Gasteiger partial charge < -0.3 is 4.74 Å². The lowest BCUT2D eigenvalue weighted by Crippen LogP contribution is -2.04. The molecule has 86 valence electrons. The summed E-state index contributed by atoms with van der Waals surface area (Å²) in [6, 6.07) is 5.93. The molecule has 0 saturated heterocycles. The third-order valence-electron chi connectivity index (χ3n) is 2.20. The van der Waals surface area contributed by atoms with Crippen LogP contribution in [0.2, 0.25) is 0 Å². The fourth-order valence-corrected chi connectivity index (χ4v) is 1.77. The van der Waals surface area contributed by atoms with E-state index in [9.17, 15) is 4.79 Å². The molecule has 0 saturated carbocycles. The first-order valence-electron chi connectivity index (χ1n) is 5.21. The molecular formula is C13H15BrO2. The number of hydrogen-bond acceptors (Lipinski definition) is 2. The molecule has 2 nitrogen and oxygen atoms in total. The van der Waals surface area contributed by atoms with Crippen LogP contribution in [0.4, 0.5) is 0 Å². The van der Waals surface area contributed by atoms with E-state index in [2.05, 4.69) is 22.9 Å². The van der Waals surface area contributed by atoms with Gasteiger partial charge in [-0.1, -0.05) is 28.1 Å². The van der Waals surface area contributed by atoms with Crippen LogP contribution < -0.4 is 0 Å². The van der Waals surface area contributed by atoms with Crippen molar-refractivity contribution in [3.8, 4) is 0 Å². The van der Waals surface area contributed by atoms with Crippen LogP contribution in [-0.2, 0) is 16.0 Å². The molecule has 0 aliphatic carbocycles. The smallest absolute Gasteiger partial charge is 0.306 e. The monoisotopic (exact) mass is 282 g/mol. The van der Waals surface area contributed by atoms with E-state index >= 15 is 0 Å². The van der Waals surface area contributed by atoms with E-state index in [0.29, 0.717) is 13.0 Å². The van der Waals surface area contributed by atoms with Crippen molar-refractivity contribution in [3.05, 3.63) is 47.1 Å². The fourth-order valence-electron chi connectivity index (χ4n) is 1.36. The molecule has 0 aliphatic heterocycles. The van der Waals surface area contributed by atoms with Crippen LogP contribution in [0.25, 0.3) is 0 Å². The highest BCUT2D eigenvalue weighted by molar-refractivity contribution is 9.10. The Labute approximate surface area is 105 Å². The van der Waals surface area contributed by atoms with Crippen molar-refractivity contribution in [2.45, 2.75) is 19.8 Å². The Morgan fingerprint density at radius 3 is 3.00 bits per heavy atom. The maximum atomic E-state index is 11.1. The quantitative estimate of drug-likeness (QED) is 0.775. The average molecular weight is 283 g/mol. The summed E-state index contributed by atoms with van der Waals surface area (Å²) in [7, 11) is 0. The molecule has 0 atom stereocenters. The maximum Gasteiger partial charge on any atom is 0.306 e. The van der Waals surface area contributed by atoms with Crippen molar-refractivity contribution in [1.29, 1.82) is 0 Å². The SMILES string of the molecule is [CH2]c1c(Br)cccc1C[CH]CC(=O)OCC. The highest BCUT2D eigenvalue weighted by atomic mass is 79.9. The Morgan fingerprint density at radius 2 is 2.31 bits per heavy atom. The lowest BCUT2D eigenvalue weighted by Gasteiger charge is -2.06. The van der Waals surface area contributed by atoms with Gasteiger partial charge in [-0.15, -0.1) is 0 Å². The first-order valence-corrected chi connectivity index (χ1v) is 6.01. The summed E-state index contributed by atoms with van der Waals surface area (Å²) in [5, 5.41) is 0. The summed E-state index contributed by atoms with van der Waals surface area (Å²) >= 11 is 3.42. The first-order chi connectivity index (χ1) is 7.65. The van der Waals surface area contributed by atoms with Crippen molar-refractivity contribution in [2.24, 2.45) is 0 Å². The fraction of sp³-hybridized carbons (Fsp3) is 0.308. The predicted molar refractivity (Wildman–Crippen MR) is 67.9 cm³/mol. The van der Waals surface area contributed by atoms with Gasteiger partial charge in [0.15, 0.2) is 0 Å². The Balaban J connectivity index is 2.43. The molecule has 0 unspecified atom stereocenters. The van der Waals surface area contributed by atoms with Gasteiger partial charge in [-0.3, -0.25) is 4.79 Å². The largest absolute Gasteiger partial charge is 0.466 e. The summed E-state index contributed by atoms with van der Waals surface area (Å²) in [4.78, 5) is 11.1. The average Bonchev–Trinajstić information content (AvgIpc) is 2.25. The molecule has 0 spiro atoms.